The molecule has 2 rings (SSSR count). The van der Waals surface area contributed by atoms with E-state index in [1.807, 2.05) is 0 Å². The van der Waals surface area contributed by atoms with Crippen molar-refractivity contribution in [2.75, 3.05) is 14.2 Å². The van der Waals surface area contributed by atoms with Gasteiger partial charge < -0.3 is 0 Å². The van der Waals surface area contributed by atoms with Crippen molar-refractivity contribution >= 4 is 5.91 Å². The molecule has 9 heteroatoms. The number of amides is 1. The molecule has 1 aliphatic heterocycles. The Morgan fingerprint density at radius 2 is 2.21 bits per heavy atom. The van der Waals surface area contributed by atoms with E-state index in [1.54, 1.807) is 0 Å². The van der Waals surface area contributed by atoms with Crippen LogP contribution >= 0.6 is 0 Å². The van der Waals surface area contributed by atoms with Crippen LogP contribution in [0.25, 0.3) is 0 Å². The highest BCUT2D eigenvalue weighted by Crippen LogP contribution is 2.43. The Labute approximate surface area is 107 Å². The minimum atomic E-state index is -3.14. The monoisotopic (exact) mass is 278 g/mol. The first-order valence-electron chi connectivity index (χ1n) is 5.56. The lowest BCUT2D eigenvalue weighted by molar-refractivity contribution is -0.0766. The summed E-state index contributed by atoms with van der Waals surface area (Å²) in [6, 6.07) is -1.43. The molecule has 0 N–H and O–H groups in total. The second kappa shape index (κ2) is 4.48. The second-order valence-electron chi connectivity index (χ2n) is 4.40. The fourth-order valence-electron chi connectivity index (χ4n) is 1.92. The summed E-state index contributed by atoms with van der Waals surface area (Å²) in [6.07, 6.45) is -2.05. The molecule has 0 aromatic carbocycles. The van der Waals surface area contributed by atoms with Gasteiger partial charge in [0.05, 0.1) is 7.11 Å². The van der Waals surface area contributed by atoms with Crippen molar-refractivity contribution in [3.63, 3.8) is 0 Å². The van der Waals surface area contributed by atoms with Crippen LogP contribution in [-0.2, 0) is 4.84 Å². The summed E-state index contributed by atoms with van der Waals surface area (Å²) in [7, 11) is 2.57. The van der Waals surface area contributed by atoms with Gasteiger partial charge in [-0.25, -0.2) is 27.9 Å². The van der Waals surface area contributed by atoms with Crippen molar-refractivity contribution < 1.29 is 22.8 Å². The van der Waals surface area contributed by atoms with E-state index in [2.05, 4.69) is 14.9 Å². The van der Waals surface area contributed by atoms with Crippen LogP contribution in [0.4, 0.5) is 13.2 Å². The molecule has 1 aromatic rings. The molecule has 1 aromatic heterocycles. The van der Waals surface area contributed by atoms with Gasteiger partial charge in [0.25, 0.3) is 5.92 Å². The standard InChI is InChI=1S/C10H13F3N4O2/c1-10(12,13)6-4-5(11)8-14-7(15-17(6)8)9(18)16(2)19-3/h5-6H,4H2,1-3H3/t5-,6?/m0/s1. The molecule has 106 valence electrons. The Hall–Kier alpha value is -1.64. The van der Waals surface area contributed by atoms with Gasteiger partial charge in [0.1, 0.15) is 6.04 Å². The van der Waals surface area contributed by atoms with Crippen LogP contribution < -0.4 is 0 Å². The van der Waals surface area contributed by atoms with Gasteiger partial charge >= 0.3 is 5.91 Å². The lowest BCUT2D eigenvalue weighted by atomic mass is 10.1. The Kier molecular flexibility index (Phi) is 3.25. The lowest BCUT2D eigenvalue weighted by Crippen LogP contribution is -2.28. The van der Waals surface area contributed by atoms with Gasteiger partial charge in [-0.1, -0.05) is 0 Å². The van der Waals surface area contributed by atoms with Gasteiger partial charge in [0.2, 0.25) is 5.82 Å². The normalized spacial score (nSPS) is 22.4. The topological polar surface area (TPSA) is 60.2 Å². The number of hydrogen-bond acceptors (Lipinski definition) is 4. The quantitative estimate of drug-likeness (QED) is 0.787. The average Bonchev–Trinajstić information content (AvgIpc) is 2.87. The van der Waals surface area contributed by atoms with Crippen molar-refractivity contribution in [3.05, 3.63) is 11.6 Å². The van der Waals surface area contributed by atoms with Crippen LogP contribution in [0.2, 0.25) is 0 Å². The number of carbonyl (C=O) groups excluding carboxylic acids is 1. The highest BCUT2D eigenvalue weighted by molar-refractivity contribution is 5.89. The van der Waals surface area contributed by atoms with E-state index in [-0.39, 0.29) is 11.6 Å². The van der Waals surface area contributed by atoms with E-state index >= 15 is 0 Å². The third kappa shape index (κ3) is 2.29. The van der Waals surface area contributed by atoms with Gasteiger partial charge in [-0.3, -0.25) is 9.63 Å². The maximum atomic E-state index is 13.6. The third-order valence-electron chi connectivity index (χ3n) is 3.00. The fourth-order valence-corrected chi connectivity index (χ4v) is 1.92. The van der Waals surface area contributed by atoms with Crippen molar-refractivity contribution in [3.8, 4) is 0 Å². The zero-order valence-corrected chi connectivity index (χ0v) is 10.6. The predicted molar refractivity (Wildman–Crippen MR) is 57.2 cm³/mol. The number of halogens is 3. The van der Waals surface area contributed by atoms with E-state index in [9.17, 15) is 18.0 Å². The number of hydrogen-bond donors (Lipinski definition) is 0. The fraction of sp³-hybridized carbons (Fsp3) is 0.700. The summed E-state index contributed by atoms with van der Waals surface area (Å²) in [5.41, 5.74) is 0. The van der Waals surface area contributed by atoms with Crippen LogP contribution in [0.3, 0.4) is 0 Å². The maximum absolute atomic E-state index is 13.6. The molecule has 1 unspecified atom stereocenters. The van der Waals surface area contributed by atoms with Gasteiger partial charge in [-0.05, 0) is 0 Å². The summed E-state index contributed by atoms with van der Waals surface area (Å²) in [6.45, 7) is 0.684. The molecule has 0 bridgehead atoms. The second-order valence-corrected chi connectivity index (χ2v) is 4.40. The molecule has 0 saturated heterocycles. The molecule has 19 heavy (non-hydrogen) atoms. The molecule has 1 aliphatic rings. The predicted octanol–water partition coefficient (Wildman–Crippen LogP) is 1.52. The highest BCUT2D eigenvalue weighted by atomic mass is 19.3. The Bertz CT molecular complexity index is 499. The smallest absolute Gasteiger partial charge is 0.274 e. The van der Waals surface area contributed by atoms with E-state index < -0.39 is 30.5 Å². The van der Waals surface area contributed by atoms with E-state index in [1.165, 1.54) is 14.2 Å². The third-order valence-corrected chi connectivity index (χ3v) is 3.00. The average molecular weight is 278 g/mol. The van der Waals surface area contributed by atoms with Crippen LogP contribution in [-0.4, -0.2) is 45.8 Å². The zero-order chi connectivity index (χ0) is 14.4. The van der Waals surface area contributed by atoms with Gasteiger partial charge in [-0.2, -0.15) is 0 Å². The lowest BCUT2D eigenvalue weighted by Gasteiger charge is -2.19. The van der Waals surface area contributed by atoms with Crippen LogP contribution in [0.1, 0.15) is 42.0 Å². The van der Waals surface area contributed by atoms with Crippen LogP contribution in [0.15, 0.2) is 0 Å². The molecule has 2 heterocycles. The van der Waals surface area contributed by atoms with Crippen molar-refractivity contribution in [1.29, 1.82) is 0 Å². The minimum absolute atomic E-state index is 0.251. The van der Waals surface area contributed by atoms with Crippen molar-refractivity contribution in [2.45, 2.75) is 31.5 Å². The molecular formula is C10H13F3N4O2. The van der Waals surface area contributed by atoms with E-state index in [4.69, 9.17) is 0 Å². The Balaban J connectivity index is 2.36. The molecular weight excluding hydrogens is 265 g/mol. The molecule has 1 amide bonds. The largest absolute Gasteiger partial charge is 0.316 e. The molecule has 0 radical (unpaired) electrons. The summed E-state index contributed by atoms with van der Waals surface area (Å²) in [4.78, 5) is 20.0. The van der Waals surface area contributed by atoms with Crippen molar-refractivity contribution in [1.82, 2.24) is 19.8 Å². The molecule has 0 spiro atoms. The highest BCUT2D eigenvalue weighted by Gasteiger charge is 2.46. The number of hydroxylamine groups is 2. The number of nitrogens with zero attached hydrogens (tertiary/aromatic N) is 4. The molecule has 0 saturated carbocycles. The first kappa shape index (κ1) is 13.8. The first-order chi connectivity index (χ1) is 8.75. The number of alkyl halides is 3. The van der Waals surface area contributed by atoms with Crippen molar-refractivity contribution in [2.24, 2.45) is 0 Å². The van der Waals surface area contributed by atoms with Gasteiger partial charge in [0.15, 0.2) is 12.0 Å². The number of fused-ring (bicyclic) bond motifs is 1. The summed E-state index contributed by atoms with van der Waals surface area (Å²) in [5.74, 6) is -4.48. The Morgan fingerprint density at radius 3 is 2.74 bits per heavy atom. The van der Waals surface area contributed by atoms with Crippen LogP contribution in [0.5, 0.6) is 0 Å². The summed E-state index contributed by atoms with van der Waals surface area (Å²) >= 11 is 0. The number of aromatic nitrogens is 3. The first-order valence-corrected chi connectivity index (χ1v) is 5.56. The van der Waals surface area contributed by atoms with Gasteiger partial charge in [-0.15, -0.1) is 5.10 Å². The van der Waals surface area contributed by atoms with Gasteiger partial charge in [0, 0.05) is 20.4 Å². The molecule has 6 nitrogen and oxygen atoms in total. The maximum Gasteiger partial charge on any atom is 0.316 e. The molecule has 2 atom stereocenters. The van der Waals surface area contributed by atoms with Crippen LogP contribution in [0, 0.1) is 0 Å². The molecule has 0 aliphatic carbocycles. The number of carbonyl (C=O) groups is 1. The van der Waals surface area contributed by atoms with E-state index in [0.29, 0.717) is 6.92 Å². The van der Waals surface area contributed by atoms with E-state index in [0.717, 1.165) is 9.75 Å². The number of rotatable bonds is 3. The zero-order valence-electron chi connectivity index (χ0n) is 10.6. The SMILES string of the molecule is CON(C)C(=O)c1nc2n(n1)C(C(C)(F)F)C[C@@H]2F. The summed E-state index contributed by atoms with van der Waals surface area (Å²) in [5, 5.41) is 4.50. The minimum Gasteiger partial charge on any atom is -0.274 e. The Morgan fingerprint density at radius 1 is 1.58 bits per heavy atom. The summed E-state index contributed by atoms with van der Waals surface area (Å²) < 4.78 is 41.1. The molecule has 0 fully saturated rings.